The number of rotatable bonds is 7. The maximum Gasteiger partial charge on any atom is 0.324 e. The number of benzene rings is 1. The minimum atomic E-state index is -0.667. The maximum atomic E-state index is 14.0. The minimum Gasteiger partial charge on any atom is -0.373 e. The van der Waals surface area contributed by atoms with Crippen molar-refractivity contribution in [3.63, 3.8) is 0 Å². The van der Waals surface area contributed by atoms with Crippen molar-refractivity contribution in [3.05, 3.63) is 35.4 Å². The summed E-state index contributed by atoms with van der Waals surface area (Å²) in [6, 6.07) is 3.63. The molecule has 0 fully saturated rings. The molecule has 0 radical (unpaired) electrons. The third kappa shape index (κ3) is 5.36. The highest BCUT2D eigenvalue weighted by atomic mass is 35.5. The van der Waals surface area contributed by atoms with E-state index < -0.39 is 11.8 Å². The van der Waals surface area contributed by atoms with Gasteiger partial charge in [0.2, 0.25) is 0 Å². The molecule has 2 aromatic rings. The van der Waals surface area contributed by atoms with Crippen molar-refractivity contribution in [1.82, 2.24) is 9.97 Å². The van der Waals surface area contributed by atoms with E-state index in [1.165, 1.54) is 36.5 Å². The van der Waals surface area contributed by atoms with E-state index in [9.17, 15) is 9.18 Å². The normalized spacial score (nSPS) is 10.2. The predicted molar refractivity (Wildman–Crippen MR) is 102 cm³/mol. The van der Waals surface area contributed by atoms with Crippen LogP contribution >= 0.6 is 23.5 Å². The van der Waals surface area contributed by atoms with Crippen molar-refractivity contribution in [2.45, 2.75) is 13.3 Å². The van der Waals surface area contributed by atoms with Crippen LogP contribution in [0.3, 0.4) is 0 Å². The fraction of sp³-hybridized carbons (Fsp3) is 0.267. The average molecular weight is 385 g/mol. The molecule has 0 bridgehead atoms. The molecule has 0 aliphatic rings. The first-order valence-corrected chi connectivity index (χ1v) is 8.85. The molecule has 0 aliphatic heterocycles. The number of nitrogens with one attached hydrogen (secondary N) is 4. The van der Waals surface area contributed by atoms with E-state index in [1.807, 2.05) is 6.92 Å². The Morgan fingerprint density at radius 1 is 1.28 bits per heavy atom. The van der Waals surface area contributed by atoms with Crippen LogP contribution in [0.2, 0.25) is 5.02 Å². The molecule has 10 heteroatoms. The molecule has 0 spiro atoms. The van der Waals surface area contributed by atoms with Gasteiger partial charge in [-0.1, -0.05) is 30.5 Å². The lowest BCUT2D eigenvalue weighted by atomic mass is 10.2. The zero-order valence-corrected chi connectivity index (χ0v) is 15.3. The Balaban J connectivity index is 2.09. The van der Waals surface area contributed by atoms with Gasteiger partial charge in [-0.15, -0.1) is 0 Å². The molecule has 1 aromatic heterocycles. The molecule has 134 valence electrons. The van der Waals surface area contributed by atoms with Crippen LogP contribution in [0.1, 0.15) is 13.3 Å². The summed E-state index contributed by atoms with van der Waals surface area (Å²) in [6.07, 6.45) is 2.28. The summed E-state index contributed by atoms with van der Waals surface area (Å²) in [5, 5.41) is 7.83. The van der Waals surface area contributed by atoms with Crippen molar-refractivity contribution >= 4 is 52.6 Å². The third-order valence-electron chi connectivity index (χ3n) is 2.98. The van der Waals surface area contributed by atoms with Crippen LogP contribution in [0.15, 0.2) is 24.5 Å². The summed E-state index contributed by atoms with van der Waals surface area (Å²) in [6.45, 7) is 2.05. The predicted octanol–water partition coefficient (Wildman–Crippen LogP) is 4.42. The number of aromatic nitrogens is 2. The Kier molecular flexibility index (Phi) is 7.08. The second-order valence-electron chi connectivity index (χ2n) is 4.85. The van der Waals surface area contributed by atoms with E-state index in [0.29, 0.717) is 11.5 Å². The number of nitrogens with zero attached hydrogens (tertiary/aromatic N) is 2. The molecule has 0 saturated heterocycles. The van der Waals surface area contributed by atoms with Crippen LogP contribution in [0.25, 0.3) is 0 Å². The molecule has 0 saturated carbocycles. The fourth-order valence-electron chi connectivity index (χ4n) is 1.80. The molecule has 4 N–H and O–H groups in total. The van der Waals surface area contributed by atoms with Crippen LogP contribution in [0, 0.1) is 5.82 Å². The molecule has 2 rings (SSSR count). The largest absolute Gasteiger partial charge is 0.373 e. The van der Waals surface area contributed by atoms with Gasteiger partial charge in [0.15, 0.2) is 0 Å². The first-order chi connectivity index (χ1) is 12.0. The Morgan fingerprint density at radius 2 is 2.04 bits per heavy atom. The Morgan fingerprint density at radius 3 is 2.76 bits per heavy atom. The molecular weight excluding hydrogens is 367 g/mol. The second-order valence-corrected chi connectivity index (χ2v) is 6.13. The van der Waals surface area contributed by atoms with Crippen LogP contribution in [0.4, 0.5) is 32.2 Å². The second kappa shape index (κ2) is 9.28. The molecule has 1 aromatic carbocycles. The summed E-state index contributed by atoms with van der Waals surface area (Å²) in [7, 11) is 1.69. The van der Waals surface area contributed by atoms with Gasteiger partial charge < -0.3 is 15.4 Å². The van der Waals surface area contributed by atoms with Gasteiger partial charge >= 0.3 is 6.03 Å². The first kappa shape index (κ1) is 19.1. The Labute approximate surface area is 154 Å². The number of carbonyl (C=O) groups is 1. The first-order valence-electron chi connectivity index (χ1n) is 7.48. The lowest BCUT2D eigenvalue weighted by Crippen LogP contribution is -2.21. The van der Waals surface area contributed by atoms with E-state index in [1.54, 1.807) is 7.05 Å². The smallest absolute Gasteiger partial charge is 0.324 e. The molecule has 25 heavy (non-hydrogen) atoms. The molecule has 0 aliphatic carbocycles. The SMILES string of the molecule is CCCSNc1ccc(F)c(NC(=O)Nc2cc(NC)ncn2)c1Cl. The number of hydrogen-bond acceptors (Lipinski definition) is 6. The minimum absolute atomic E-state index is 0.0948. The number of halogens is 2. The lowest BCUT2D eigenvalue weighted by Gasteiger charge is -2.13. The number of amides is 2. The van der Waals surface area contributed by atoms with Gasteiger partial charge in [-0.2, -0.15) is 0 Å². The lowest BCUT2D eigenvalue weighted by molar-refractivity contribution is 0.262. The summed E-state index contributed by atoms with van der Waals surface area (Å²) in [5.74, 6) is 1.04. The van der Waals surface area contributed by atoms with E-state index >= 15 is 0 Å². The molecule has 1 heterocycles. The van der Waals surface area contributed by atoms with Crippen molar-refractivity contribution in [2.24, 2.45) is 0 Å². The standard InChI is InChI=1S/C15H18ClFN6OS/c1-3-6-25-23-10-5-4-9(17)14(13(10)16)22-15(24)21-12-7-11(18-2)19-8-20-12/h4-5,7-8,23H,3,6H2,1-2H3,(H3,18,19,20,21,22,24). The zero-order chi connectivity index (χ0) is 18.2. The van der Waals surface area contributed by atoms with Gasteiger partial charge in [0.05, 0.1) is 16.4 Å². The quantitative estimate of drug-likeness (QED) is 0.417. The maximum absolute atomic E-state index is 14.0. The van der Waals surface area contributed by atoms with Crippen molar-refractivity contribution < 1.29 is 9.18 Å². The highest BCUT2D eigenvalue weighted by Gasteiger charge is 2.15. The van der Waals surface area contributed by atoms with Crippen LogP contribution in [-0.4, -0.2) is 28.8 Å². The number of urea groups is 1. The topological polar surface area (TPSA) is 91.0 Å². The Bertz CT molecular complexity index is 748. The van der Waals surface area contributed by atoms with Crippen LogP contribution in [-0.2, 0) is 0 Å². The van der Waals surface area contributed by atoms with E-state index in [4.69, 9.17) is 11.6 Å². The van der Waals surface area contributed by atoms with Crippen LogP contribution in [0.5, 0.6) is 0 Å². The summed E-state index contributed by atoms with van der Waals surface area (Å²) in [5.41, 5.74) is 0.417. The molecule has 7 nitrogen and oxygen atoms in total. The van der Waals surface area contributed by atoms with Gasteiger partial charge in [-0.3, -0.25) is 5.32 Å². The molecule has 2 amide bonds. The average Bonchev–Trinajstić information content (AvgIpc) is 2.61. The molecule has 0 unspecified atom stereocenters. The number of anilines is 4. The summed E-state index contributed by atoms with van der Waals surface area (Å²) < 4.78 is 17.1. The van der Waals surface area contributed by atoms with Gasteiger partial charge in [-0.05, 0) is 18.6 Å². The van der Waals surface area contributed by atoms with Crippen molar-refractivity contribution in [2.75, 3.05) is 33.5 Å². The van der Waals surface area contributed by atoms with E-state index in [0.717, 1.165) is 12.2 Å². The highest BCUT2D eigenvalue weighted by Crippen LogP contribution is 2.34. The summed E-state index contributed by atoms with van der Waals surface area (Å²) >= 11 is 7.65. The monoisotopic (exact) mass is 384 g/mol. The van der Waals surface area contributed by atoms with Crippen molar-refractivity contribution in [1.29, 1.82) is 0 Å². The van der Waals surface area contributed by atoms with Crippen molar-refractivity contribution in [3.8, 4) is 0 Å². The van der Waals surface area contributed by atoms with Crippen LogP contribution < -0.4 is 20.7 Å². The van der Waals surface area contributed by atoms with Gasteiger partial charge in [0.25, 0.3) is 0 Å². The van der Waals surface area contributed by atoms with Gasteiger partial charge in [0.1, 0.15) is 23.8 Å². The van der Waals surface area contributed by atoms with Gasteiger partial charge in [0, 0.05) is 18.9 Å². The Hall–Kier alpha value is -2.26. The third-order valence-corrected chi connectivity index (χ3v) is 4.35. The van der Waals surface area contributed by atoms with Gasteiger partial charge in [-0.25, -0.2) is 19.2 Å². The molecule has 0 atom stereocenters. The number of carbonyl (C=O) groups excluding carboxylic acids is 1. The molecular formula is C15H18ClFN6OS. The zero-order valence-electron chi connectivity index (χ0n) is 13.7. The van der Waals surface area contributed by atoms with E-state index in [-0.39, 0.29) is 16.5 Å². The van der Waals surface area contributed by atoms with E-state index in [2.05, 4.69) is 30.6 Å². The summed E-state index contributed by atoms with van der Waals surface area (Å²) in [4.78, 5) is 20.0. The number of hydrogen-bond donors (Lipinski definition) is 4. The fourth-order valence-corrected chi connectivity index (χ4v) is 2.74. The highest BCUT2D eigenvalue weighted by molar-refractivity contribution is 8.00.